The van der Waals surface area contributed by atoms with Crippen LogP contribution in [0.5, 0.6) is 0 Å². The van der Waals surface area contributed by atoms with E-state index in [2.05, 4.69) is 27.4 Å². The Morgan fingerprint density at radius 2 is 2.13 bits per heavy atom. The molecule has 0 radical (unpaired) electrons. The molecule has 2 rings (SSSR count). The fourth-order valence-electron chi connectivity index (χ4n) is 2.29. The third-order valence-electron chi connectivity index (χ3n) is 3.22. The second-order valence-corrected chi connectivity index (χ2v) is 4.38. The van der Waals surface area contributed by atoms with E-state index >= 15 is 0 Å². The first-order valence-electron chi connectivity index (χ1n) is 5.70. The van der Waals surface area contributed by atoms with Gasteiger partial charge in [-0.05, 0) is 25.7 Å². The zero-order chi connectivity index (χ0) is 10.7. The number of nitrogens with zero attached hydrogens (tertiary/aromatic N) is 2. The molecule has 0 aromatic carbocycles. The van der Waals surface area contributed by atoms with Crippen molar-refractivity contribution in [2.75, 3.05) is 11.1 Å². The molecular weight excluding hydrogens is 190 g/mol. The standard InChI is InChI=1S/C10H19N5/c1-7(8-5-3-2-4-6-8)12-10-13-9(11)14-15-10/h7-8H,2-6H2,1H3,(H4,11,12,13,14,15). The second kappa shape index (κ2) is 4.51. The molecule has 0 bridgehead atoms. The van der Waals surface area contributed by atoms with Gasteiger partial charge in [-0.25, -0.2) is 5.10 Å². The zero-order valence-corrected chi connectivity index (χ0v) is 9.16. The van der Waals surface area contributed by atoms with Crippen LogP contribution in [0.1, 0.15) is 39.0 Å². The summed E-state index contributed by atoms with van der Waals surface area (Å²) in [5.41, 5.74) is 5.46. The summed E-state index contributed by atoms with van der Waals surface area (Å²) in [5.74, 6) is 1.73. The highest BCUT2D eigenvalue weighted by molar-refractivity contribution is 5.30. The number of rotatable bonds is 3. The molecule has 1 aliphatic carbocycles. The van der Waals surface area contributed by atoms with E-state index in [1.807, 2.05) is 0 Å². The maximum atomic E-state index is 5.46. The van der Waals surface area contributed by atoms with Crippen molar-refractivity contribution in [3.63, 3.8) is 0 Å². The number of H-pyrrole nitrogens is 1. The van der Waals surface area contributed by atoms with E-state index in [4.69, 9.17) is 5.73 Å². The van der Waals surface area contributed by atoms with E-state index in [1.165, 1.54) is 32.1 Å². The van der Waals surface area contributed by atoms with Crippen molar-refractivity contribution in [1.82, 2.24) is 15.2 Å². The van der Waals surface area contributed by atoms with Crippen molar-refractivity contribution in [2.24, 2.45) is 5.92 Å². The summed E-state index contributed by atoms with van der Waals surface area (Å²) in [7, 11) is 0. The second-order valence-electron chi connectivity index (χ2n) is 4.38. The molecule has 0 amide bonds. The summed E-state index contributed by atoms with van der Waals surface area (Å²) in [6.07, 6.45) is 6.72. The lowest BCUT2D eigenvalue weighted by Crippen LogP contribution is -2.28. The van der Waals surface area contributed by atoms with Crippen molar-refractivity contribution in [2.45, 2.75) is 45.1 Å². The van der Waals surface area contributed by atoms with Gasteiger partial charge in [0, 0.05) is 6.04 Å². The molecule has 1 unspecified atom stereocenters. The molecule has 1 fully saturated rings. The van der Waals surface area contributed by atoms with E-state index in [0.717, 1.165) is 5.92 Å². The van der Waals surface area contributed by atoms with Crippen molar-refractivity contribution in [1.29, 1.82) is 0 Å². The Morgan fingerprint density at radius 1 is 1.40 bits per heavy atom. The van der Waals surface area contributed by atoms with E-state index in [0.29, 0.717) is 17.9 Å². The van der Waals surface area contributed by atoms with E-state index < -0.39 is 0 Å². The first-order chi connectivity index (χ1) is 7.25. The van der Waals surface area contributed by atoms with Crippen LogP contribution in [0.4, 0.5) is 11.9 Å². The summed E-state index contributed by atoms with van der Waals surface area (Å²) in [6.45, 7) is 2.20. The summed E-state index contributed by atoms with van der Waals surface area (Å²) in [6, 6.07) is 0.431. The Morgan fingerprint density at radius 3 is 2.73 bits per heavy atom. The van der Waals surface area contributed by atoms with Gasteiger partial charge in [0.15, 0.2) is 0 Å². The van der Waals surface area contributed by atoms with Gasteiger partial charge in [-0.2, -0.15) is 4.98 Å². The average molecular weight is 209 g/mol. The van der Waals surface area contributed by atoms with Gasteiger partial charge in [0.05, 0.1) is 0 Å². The number of hydrogen-bond acceptors (Lipinski definition) is 4. The number of nitrogens with one attached hydrogen (secondary N) is 2. The third kappa shape index (κ3) is 2.61. The lowest BCUT2D eigenvalue weighted by molar-refractivity contribution is 0.327. The van der Waals surface area contributed by atoms with Gasteiger partial charge in [0.2, 0.25) is 11.9 Å². The lowest BCUT2D eigenvalue weighted by Gasteiger charge is -2.27. The zero-order valence-electron chi connectivity index (χ0n) is 9.16. The molecule has 0 spiro atoms. The number of aromatic nitrogens is 3. The molecule has 5 heteroatoms. The predicted octanol–water partition coefficient (Wildman–Crippen LogP) is 1.77. The van der Waals surface area contributed by atoms with Crippen molar-refractivity contribution in [3.8, 4) is 0 Å². The molecule has 1 aromatic heterocycles. The first kappa shape index (κ1) is 10.3. The lowest BCUT2D eigenvalue weighted by atomic mass is 9.85. The van der Waals surface area contributed by atoms with Gasteiger partial charge in [-0.15, -0.1) is 5.10 Å². The highest BCUT2D eigenvalue weighted by Gasteiger charge is 2.20. The molecule has 1 saturated carbocycles. The highest BCUT2D eigenvalue weighted by atomic mass is 15.3. The Bertz CT molecular complexity index is 303. The largest absolute Gasteiger partial charge is 0.368 e. The minimum absolute atomic E-state index is 0.369. The van der Waals surface area contributed by atoms with Gasteiger partial charge < -0.3 is 11.1 Å². The normalized spacial score (nSPS) is 20.1. The molecule has 1 atom stereocenters. The average Bonchev–Trinajstić information content (AvgIpc) is 2.65. The Balaban J connectivity index is 1.88. The number of anilines is 2. The molecule has 1 heterocycles. The molecule has 5 nitrogen and oxygen atoms in total. The summed E-state index contributed by atoms with van der Waals surface area (Å²) >= 11 is 0. The SMILES string of the molecule is CC(Nc1n[nH]c(N)n1)C1CCCCC1. The molecule has 4 N–H and O–H groups in total. The predicted molar refractivity (Wildman–Crippen MR) is 60.5 cm³/mol. The van der Waals surface area contributed by atoms with Crippen molar-refractivity contribution >= 4 is 11.9 Å². The fraction of sp³-hybridized carbons (Fsp3) is 0.800. The summed E-state index contributed by atoms with van der Waals surface area (Å²) < 4.78 is 0. The fourth-order valence-corrected chi connectivity index (χ4v) is 2.29. The summed E-state index contributed by atoms with van der Waals surface area (Å²) in [5, 5.41) is 9.91. The van der Waals surface area contributed by atoms with Gasteiger partial charge in [-0.3, -0.25) is 0 Å². The summed E-state index contributed by atoms with van der Waals surface area (Å²) in [4.78, 5) is 4.05. The smallest absolute Gasteiger partial charge is 0.243 e. The van der Waals surface area contributed by atoms with Crippen LogP contribution in [0.2, 0.25) is 0 Å². The number of nitrogens with two attached hydrogens (primary N) is 1. The van der Waals surface area contributed by atoms with E-state index in [1.54, 1.807) is 0 Å². The van der Waals surface area contributed by atoms with Crippen LogP contribution in [-0.4, -0.2) is 21.2 Å². The highest BCUT2D eigenvalue weighted by Crippen LogP contribution is 2.27. The van der Waals surface area contributed by atoms with Crippen LogP contribution < -0.4 is 11.1 Å². The third-order valence-corrected chi connectivity index (χ3v) is 3.22. The Hall–Kier alpha value is -1.26. The van der Waals surface area contributed by atoms with Gasteiger partial charge in [-0.1, -0.05) is 19.3 Å². The maximum Gasteiger partial charge on any atom is 0.243 e. The molecule has 15 heavy (non-hydrogen) atoms. The maximum absolute atomic E-state index is 5.46. The van der Waals surface area contributed by atoms with E-state index in [9.17, 15) is 0 Å². The number of hydrogen-bond donors (Lipinski definition) is 3. The van der Waals surface area contributed by atoms with Crippen LogP contribution >= 0.6 is 0 Å². The minimum atomic E-state index is 0.369. The molecule has 0 aliphatic heterocycles. The quantitative estimate of drug-likeness (QED) is 0.708. The van der Waals surface area contributed by atoms with Crippen LogP contribution in [0.15, 0.2) is 0 Å². The van der Waals surface area contributed by atoms with E-state index in [-0.39, 0.29) is 0 Å². The van der Waals surface area contributed by atoms with Crippen molar-refractivity contribution < 1.29 is 0 Å². The molecule has 1 aliphatic rings. The first-order valence-corrected chi connectivity index (χ1v) is 5.70. The minimum Gasteiger partial charge on any atom is -0.368 e. The monoisotopic (exact) mass is 209 g/mol. The number of aromatic amines is 1. The van der Waals surface area contributed by atoms with Crippen LogP contribution in [-0.2, 0) is 0 Å². The van der Waals surface area contributed by atoms with Gasteiger partial charge in [0.1, 0.15) is 0 Å². The topological polar surface area (TPSA) is 79.6 Å². The van der Waals surface area contributed by atoms with Crippen LogP contribution in [0.25, 0.3) is 0 Å². The Labute approximate surface area is 89.9 Å². The van der Waals surface area contributed by atoms with Gasteiger partial charge in [0.25, 0.3) is 0 Å². The van der Waals surface area contributed by atoms with Crippen LogP contribution in [0, 0.1) is 5.92 Å². The molecule has 0 saturated heterocycles. The molecule has 1 aromatic rings. The molecular formula is C10H19N5. The van der Waals surface area contributed by atoms with Crippen LogP contribution in [0.3, 0.4) is 0 Å². The van der Waals surface area contributed by atoms with Gasteiger partial charge >= 0.3 is 0 Å². The van der Waals surface area contributed by atoms with Crippen molar-refractivity contribution in [3.05, 3.63) is 0 Å². The number of nitrogen functional groups attached to an aromatic ring is 1. The Kier molecular flexibility index (Phi) is 3.08. The molecule has 84 valence electrons.